The van der Waals surface area contributed by atoms with E-state index in [9.17, 15) is 0 Å². The third-order valence-electron chi connectivity index (χ3n) is 11.4. The molecule has 252 valence electrons. The van der Waals surface area contributed by atoms with Crippen molar-refractivity contribution in [3.8, 4) is 22.3 Å². The van der Waals surface area contributed by atoms with Gasteiger partial charge in [-0.1, -0.05) is 182 Å². The standard InChI is InChI=1S/C53H34O/c1-3-13-34(14-4-1)35-23-25-37(26-24-35)51(36-15-5-2-6-16-36)40-28-30-47-49-31-38-17-7-8-18-41(38)52(53(49)54-50(47)33-40)39-27-29-46-44-21-10-9-19-42(44)43-20-11-12-22-45(43)48(46)32-39/h1-33,51H. The minimum atomic E-state index is 0.0516. The summed E-state index contributed by atoms with van der Waals surface area (Å²) in [4.78, 5) is 0. The minimum absolute atomic E-state index is 0.0516. The van der Waals surface area contributed by atoms with Crippen LogP contribution in [0.1, 0.15) is 22.6 Å². The van der Waals surface area contributed by atoms with Gasteiger partial charge >= 0.3 is 0 Å². The van der Waals surface area contributed by atoms with Gasteiger partial charge in [0.1, 0.15) is 11.2 Å². The van der Waals surface area contributed by atoms with Gasteiger partial charge in [-0.2, -0.15) is 0 Å². The van der Waals surface area contributed by atoms with Crippen molar-refractivity contribution in [3.63, 3.8) is 0 Å². The lowest BCUT2D eigenvalue weighted by molar-refractivity contribution is 0.669. The van der Waals surface area contributed by atoms with Gasteiger partial charge in [-0.25, -0.2) is 0 Å². The summed E-state index contributed by atoms with van der Waals surface area (Å²) in [5.74, 6) is 0.0516. The quantitative estimate of drug-likeness (QED) is 0.130. The van der Waals surface area contributed by atoms with Crippen molar-refractivity contribution in [1.29, 1.82) is 0 Å². The Morgan fingerprint density at radius 1 is 0.296 bits per heavy atom. The molecular formula is C53H34O. The van der Waals surface area contributed by atoms with Gasteiger partial charge in [-0.05, 0) is 94.7 Å². The SMILES string of the molecule is c1ccc(-c2ccc(C(c3ccccc3)c3ccc4c(c3)oc3c(-c5ccc6c7ccccc7c7ccccc7c6c5)c5ccccc5cc34)cc2)cc1. The molecule has 11 rings (SSSR count). The van der Waals surface area contributed by atoms with Gasteiger partial charge in [-0.15, -0.1) is 0 Å². The fourth-order valence-corrected chi connectivity index (χ4v) is 8.84. The van der Waals surface area contributed by atoms with Gasteiger partial charge in [0, 0.05) is 22.3 Å². The lowest BCUT2D eigenvalue weighted by Crippen LogP contribution is -2.03. The third-order valence-corrected chi connectivity index (χ3v) is 11.4. The smallest absolute Gasteiger partial charge is 0.143 e. The van der Waals surface area contributed by atoms with Crippen molar-refractivity contribution < 1.29 is 4.42 Å². The average molecular weight is 687 g/mol. The highest BCUT2D eigenvalue weighted by Gasteiger charge is 2.22. The Kier molecular flexibility index (Phi) is 7.00. The summed E-state index contributed by atoms with van der Waals surface area (Å²) < 4.78 is 7.06. The highest BCUT2D eigenvalue weighted by molar-refractivity contribution is 6.26. The van der Waals surface area contributed by atoms with Crippen LogP contribution in [0.15, 0.2) is 205 Å². The Morgan fingerprint density at radius 3 is 1.50 bits per heavy atom. The zero-order valence-corrected chi connectivity index (χ0v) is 29.5. The van der Waals surface area contributed by atoms with E-state index in [4.69, 9.17) is 4.42 Å². The van der Waals surface area contributed by atoms with Crippen LogP contribution in [0.3, 0.4) is 0 Å². The number of hydrogen-bond acceptors (Lipinski definition) is 1. The molecule has 0 saturated carbocycles. The summed E-state index contributed by atoms with van der Waals surface area (Å²) in [5.41, 5.74) is 10.3. The van der Waals surface area contributed by atoms with Gasteiger partial charge in [0.25, 0.3) is 0 Å². The predicted octanol–water partition coefficient (Wildman–Crippen LogP) is 14.7. The van der Waals surface area contributed by atoms with Gasteiger partial charge in [0.15, 0.2) is 0 Å². The van der Waals surface area contributed by atoms with E-state index in [0.717, 1.165) is 33.1 Å². The van der Waals surface area contributed by atoms with Crippen LogP contribution in [0.25, 0.3) is 87.3 Å². The zero-order valence-electron chi connectivity index (χ0n) is 29.5. The first-order valence-electron chi connectivity index (χ1n) is 18.7. The molecule has 0 fully saturated rings. The number of fused-ring (bicyclic) bond motifs is 10. The van der Waals surface area contributed by atoms with Gasteiger partial charge in [0.05, 0.1) is 0 Å². The molecule has 1 nitrogen and oxygen atoms in total. The fourth-order valence-electron chi connectivity index (χ4n) is 8.84. The molecule has 0 saturated heterocycles. The first-order valence-corrected chi connectivity index (χ1v) is 18.7. The van der Waals surface area contributed by atoms with Crippen LogP contribution < -0.4 is 0 Å². The summed E-state index contributed by atoms with van der Waals surface area (Å²) in [6.45, 7) is 0. The van der Waals surface area contributed by atoms with Crippen molar-refractivity contribution >= 4 is 65.0 Å². The fraction of sp³-hybridized carbons (Fsp3) is 0.0189. The molecule has 0 aliphatic carbocycles. The maximum atomic E-state index is 7.06. The highest BCUT2D eigenvalue weighted by atomic mass is 16.3. The van der Waals surface area contributed by atoms with E-state index in [1.54, 1.807) is 0 Å². The Bertz CT molecular complexity index is 3150. The van der Waals surface area contributed by atoms with E-state index in [1.165, 1.54) is 70.9 Å². The molecule has 1 unspecified atom stereocenters. The molecule has 0 N–H and O–H groups in total. The first-order chi connectivity index (χ1) is 26.8. The minimum Gasteiger partial charge on any atom is -0.455 e. The van der Waals surface area contributed by atoms with Gasteiger partial charge < -0.3 is 4.42 Å². The highest BCUT2D eigenvalue weighted by Crippen LogP contribution is 2.45. The molecule has 0 bridgehead atoms. The number of rotatable bonds is 5. The second kappa shape index (κ2) is 12.3. The largest absolute Gasteiger partial charge is 0.455 e. The molecule has 10 aromatic carbocycles. The molecule has 0 spiro atoms. The van der Waals surface area contributed by atoms with Crippen molar-refractivity contribution in [3.05, 3.63) is 217 Å². The van der Waals surface area contributed by atoms with Crippen LogP contribution in [0, 0.1) is 0 Å². The lowest BCUT2D eigenvalue weighted by atomic mass is 9.84. The maximum Gasteiger partial charge on any atom is 0.143 e. The van der Waals surface area contributed by atoms with E-state index < -0.39 is 0 Å². The topological polar surface area (TPSA) is 13.1 Å². The molecule has 0 radical (unpaired) electrons. The number of furan rings is 1. The summed E-state index contributed by atoms with van der Waals surface area (Å²) in [7, 11) is 0. The summed E-state index contributed by atoms with van der Waals surface area (Å²) >= 11 is 0. The van der Waals surface area contributed by atoms with E-state index in [0.29, 0.717) is 0 Å². The van der Waals surface area contributed by atoms with Crippen molar-refractivity contribution in [2.75, 3.05) is 0 Å². The molecule has 0 aliphatic rings. The molecule has 1 heteroatoms. The average Bonchev–Trinajstić information content (AvgIpc) is 3.61. The number of hydrogen-bond donors (Lipinski definition) is 0. The second-order valence-corrected chi connectivity index (χ2v) is 14.4. The maximum absolute atomic E-state index is 7.06. The number of benzene rings is 10. The molecule has 1 heterocycles. The first kappa shape index (κ1) is 30.6. The molecule has 54 heavy (non-hydrogen) atoms. The molecule has 0 aliphatic heterocycles. The van der Waals surface area contributed by atoms with Crippen LogP contribution in [0.2, 0.25) is 0 Å². The van der Waals surface area contributed by atoms with E-state index >= 15 is 0 Å². The summed E-state index contributed by atoms with van der Waals surface area (Å²) in [5, 5.41) is 12.3. The van der Waals surface area contributed by atoms with E-state index in [2.05, 4.69) is 200 Å². The van der Waals surface area contributed by atoms with Crippen LogP contribution in [-0.4, -0.2) is 0 Å². The van der Waals surface area contributed by atoms with E-state index in [-0.39, 0.29) is 5.92 Å². The molecule has 1 atom stereocenters. The van der Waals surface area contributed by atoms with Crippen LogP contribution >= 0.6 is 0 Å². The second-order valence-electron chi connectivity index (χ2n) is 14.4. The normalized spacial score (nSPS) is 12.4. The lowest BCUT2D eigenvalue weighted by Gasteiger charge is -2.19. The molecule has 11 aromatic rings. The van der Waals surface area contributed by atoms with Crippen molar-refractivity contribution in [2.24, 2.45) is 0 Å². The molecule has 1 aromatic heterocycles. The van der Waals surface area contributed by atoms with Crippen LogP contribution in [0.5, 0.6) is 0 Å². The Hall–Kier alpha value is -6.96. The van der Waals surface area contributed by atoms with Crippen LogP contribution in [0.4, 0.5) is 0 Å². The Labute approximate surface area is 313 Å². The van der Waals surface area contributed by atoms with Gasteiger partial charge in [0.2, 0.25) is 0 Å². The third kappa shape index (κ3) is 4.86. The summed E-state index contributed by atoms with van der Waals surface area (Å²) in [6.07, 6.45) is 0. The van der Waals surface area contributed by atoms with Crippen molar-refractivity contribution in [2.45, 2.75) is 5.92 Å². The summed E-state index contributed by atoms with van der Waals surface area (Å²) in [6, 6.07) is 72.8. The Balaban J connectivity index is 1.12. The zero-order chi connectivity index (χ0) is 35.6. The Morgan fingerprint density at radius 2 is 0.796 bits per heavy atom. The van der Waals surface area contributed by atoms with Crippen LogP contribution in [-0.2, 0) is 0 Å². The monoisotopic (exact) mass is 686 g/mol. The predicted molar refractivity (Wildman–Crippen MR) is 228 cm³/mol. The van der Waals surface area contributed by atoms with Gasteiger partial charge in [-0.3, -0.25) is 0 Å². The molecule has 0 amide bonds. The van der Waals surface area contributed by atoms with E-state index in [1.807, 2.05) is 0 Å². The van der Waals surface area contributed by atoms with Crippen molar-refractivity contribution in [1.82, 2.24) is 0 Å². The molecular weight excluding hydrogens is 653 g/mol.